The Morgan fingerprint density at radius 1 is 1.13 bits per heavy atom. The summed E-state index contributed by atoms with van der Waals surface area (Å²) in [5.41, 5.74) is 2.79. The summed E-state index contributed by atoms with van der Waals surface area (Å²) in [5, 5.41) is 12.8. The molecule has 8 nitrogen and oxygen atoms in total. The number of aromatic nitrogens is 2. The summed E-state index contributed by atoms with van der Waals surface area (Å²) in [6.07, 6.45) is 1.47. The van der Waals surface area contributed by atoms with E-state index >= 15 is 0 Å². The fraction of sp³-hybridized carbons (Fsp3) is 0.318. The Bertz CT molecular complexity index is 1030. The highest BCUT2D eigenvalue weighted by Crippen LogP contribution is 2.33. The van der Waals surface area contributed by atoms with Crippen LogP contribution in [-0.2, 0) is 4.74 Å². The van der Waals surface area contributed by atoms with Crippen molar-refractivity contribution in [3.8, 4) is 11.5 Å². The predicted molar refractivity (Wildman–Crippen MR) is 121 cm³/mol. The van der Waals surface area contributed by atoms with Crippen LogP contribution in [0.4, 0.5) is 11.4 Å². The zero-order chi connectivity index (χ0) is 21.5. The summed E-state index contributed by atoms with van der Waals surface area (Å²) >= 11 is 0. The van der Waals surface area contributed by atoms with Crippen molar-refractivity contribution in [3.05, 3.63) is 47.8 Å². The molecule has 3 aromatic rings. The molecule has 0 aliphatic rings. The van der Waals surface area contributed by atoms with E-state index in [-0.39, 0.29) is 32.2 Å². The molecule has 0 fully saturated rings. The van der Waals surface area contributed by atoms with Crippen LogP contribution in [0, 0.1) is 6.92 Å². The molecule has 0 spiro atoms. The fourth-order valence-corrected chi connectivity index (χ4v) is 2.93. The van der Waals surface area contributed by atoms with Crippen LogP contribution in [0.1, 0.15) is 29.9 Å². The SMILES string of the molecule is CCOC(=O)c1cnc2nc(C)c(OCC)cc2c1Nc1ccc(OCCO)cc1.Cl. The standard InChI is InChI=1S/C22H25N3O5.ClH/c1-4-28-19-12-17-20(25-15-6-8-16(9-7-15)30-11-10-26)18(22(27)29-5-2)13-23-21(17)24-14(19)3;/h6-9,12-13,26H,4-5,10-11H2,1-3H3,(H,23,24,25);1H. The van der Waals surface area contributed by atoms with Crippen molar-refractivity contribution in [1.29, 1.82) is 0 Å². The lowest BCUT2D eigenvalue weighted by Crippen LogP contribution is -2.10. The highest BCUT2D eigenvalue weighted by Gasteiger charge is 2.19. The molecule has 0 saturated heterocycles. The largest absolute Gasteiger partial charge is 0.492 e. The summed E-state index contributed by atoms with van der Waals surface area (Å²) in [6, 6.07) is 9.02. The number of fused-ring (bicyclic) bond motifs is 1. The summed E-state index contributed by atoms with van der Waals surface area (Å²) in [7, 11) is 0. The molecule has 2 N–H and O–H groups in total. The van der Waals surface area contributed by atoms with E-state index in [1.807, 2.05) is 32.0 Å². The zero-order valence-corrected chi connectivity index (χ0v) is 18.5. The summed E-state index contributed by atoms with van der Waals surface area (Å²) in [5.74, 6) is 0.787. The minimum absolute atomic E-state index is 0. The summed E-state index contributed by atoms with van der Waals surface area (Å²) in [4.78, 5) is 21.4. The van der Waals surface area contributed by atoms with Crippen molar-refractivity contribution in [2.24, 2.45) is 0 Å². The van der Waals surface area contributed by atoms with Crippen LogP contribution in [0.3, 0.4) is 0 Å². The number of nitrogens with zero attached hydrogens (tertiary/aromatic N) is 2. The number of hydrogen-bond acceptors (Lipinski definition) is 8. The Balaban J connectivity index is 0.00000341. The first-order chi connectivity index (χ1) is 14.6. The Hall–Kier alpha value is -3.10. The van der Waals surface area contributed by atoms with Crippen molar-refractivity contribution in [2.45, 2.75) is 20.8 Å². The molecule has 0 aliphatic heterocycles. The minimum atomic E-state index is -0.476. The highest BCUT2D eigenvalue weighted by atomic mass is 35.5. The van der Waals surface area contributed by atoms with Crippen LogP contribution in [0.25, 0.3) is 11.0 Å². The molecule has 31 heavy (non-hydrogen) atoms. The van der Waals surface area contributed by atoms with Gasteiger partial charge < -0.3 is 24.6 Å². The number of ether oxygens (including phenoxy) is 3. The maximum absolute atomic E-state index is 12.6. The van der Waals surface area contributed by atoms with Crippen molar-refractivity contribution in [2.75, 3.05) is 31.7 Å². The van der Waals surface area contributed by atoms with Crippen LogP contribution < -0.4 is 14.8 Å². The maximum atomic E-state index is 12.6. The first-order valence-corrected chi connectivity index (χ1v) is 9.78. The highest BCUT2D eigenvalue weighted by molar-refractivity contribution is 6.05. The summed E-state index contributed by atoms with van der Waals surface area (Å²) in [6.45, 7) is 6.42. The van der Waals surface area contributed by atoms with E-state index < -0.39 is 5.97 Å². The molecule has 0 radical (unpaired) electrons. The predicted octanol–water partition coefficient (Wildman–Crippen LogP) is 4.05. The van der Waals surface area contributed by atoms with Gasteiger partial charge in [0.25, 0.3) is 0 Å². The average Bonchev–Trinajstić information content (AvgIpc) is 2.74. The third-order valence-electron chi connectivity index (χ3n) is 4.28. The van der Waals surface area contributed by atoms with E-state index in [1.54, 1.807) is 19.1 Å². The van der Waals surface area contributed by atoms with E-state index in [0.29, 0.717) is 40.4 Å². The number of rotatable bonds is 9. The maximum Gasteiger partial charge on any atom is 0.341 e. The number of nitrogens with one attached hydrogen (secondary N) is 1. The van der Waals surface area contributed by atoms with Gasteiger partial charge in [-0.15, -0.1) is 12.4 Å². The van der Waals surface area contributed by atoms with Crippen LogP contribution in [0.15, 0.2) is 36.5 Å². The average molecular weight is 448 g/mol. The zero-order valence-electron chi connectivity index (χ0n) is 17.7. The lowest BCUT2D eigenvalue weighted by Gasteiger charge is -2.16. The number of aliphatic hydroxyl groups excluding tert-OH is 1. The van der Waals surface area contributed by atoms with Crippen molar-refractivity contribution in [3.63, 3.8) is 0 Å². The molecule has 166 valence electrons. The van der Waals surface area contributed by atoms with Crippen LogP contribution in [0.5, 0.6) is 11.5 Å². The number of pyridine rings is 2. The lowest BCUT2D eigenvalue weighted by molar-refractivity contribution is 0.0527. The molecule has 2 aromatic heterocycles. The number of benzene rings is 1. The number of anilines is 2. The number of halogens is 1. The molecule has 2 heterocycles. The molecule has 0 atom stereocenters. The molecular formula is C22H26ClN3O5. The first-order valence-electron chi connectivity index (χ1n) is 9.78. The quantitative estimate of drug-likeness (QED) is 0.473. The molecule has 0 aliphatic carbocycles. The van der Waals surface area contributed by atoms with Gasteiger partial charge in [-0.25, -0.2) is 14.8 Å². The smallest absolute Gasteiger partial charge is 0.341 e. The number of esters is 1. The van der Waals surface area contributed by atoms with Gasteiger partial charge in [0.2, 0.25) is 0 Å². The molecule has 0 bridgehead atoms. The number of aryl methyl sites for hydroxylation is 1. The van der Waals surface area contributed by atoms with Gasteiger partial charge in [0, 0.05) is 17.3 Å². The number of carbonyl (C=O) groups excluding carboxylic acids is 1. The number of hydrogen-bond donors (Lipinski definition) is 2. The van der Waals surface area contributed by atoms with Gasteiger partial charge in [0.15, 0.2) is 5.65 Å². The van der Waals surface area contributed by atoms with Gasteiger partial charge in [-0.1, -0.05) is 0 Å². The van der Waals surface area contributed by atoms with Crippen LogP contribution in [0.2, 0.25) is 0 Å². The Morgan fingerprint density at radius 3 is 2.52 bits per heavy atom. The second-order valence-electron chi connectivity index (χ2n) is 6.36. The Kier molecular flexibility index (Phi) is 8.84. The van der Waals surface area contributed by atoms with Gasteiger partial charge >= 0.3 is 5.97 Å². The third-order valence-corrected chi connectivity index (χ3v) is 4.28. The van der Waals surface area contributed by atoms with Crippen LogP contribution >= 0.6 is 12.4 Å². The van der Waals surface area contributed by atoms with Crippen molar-refractivity contribution in [1.82, 2.24) is 9.97 Å². The fourth-order valence-electron chi connectivity index (χ4n) is 2.93. The monoisotopic (exact) mass is 447 g/mol. The third kappa shape index (κ3) is 5.74. The lowest BCUT2D eigenvalue weighted by atomic mass is 10.1. The molecule has 9 heteroatoms. The van der Waals surface area contributed by atoms with Gasteiger partial charge in [-0.2, -0.15) is 0 Å². The number of aliphatic hydroxyl groups is 1. The normalized spacial score (nSPS) is 10.3. The van der Waals surface area contributed by atoms with E-state index in [9.17, 15) is 4.79 Å². The van der Waals surface area contributed by atoms with E-state index in [1.165, 1.54) is 6.20 Å². The van der Waals surface area contributed by atoms with Crippen molar-refractivity contribution < 1.29 is 24.1 Å². The molecule has 0 saturated carbocycles. The molecular weight excluding hydrogens is 422 g/mol. The first kappa shape index (κ1) is 24.2. The molecule has 3 rings (SSSR count). The second-order valence-corrected chi connectivity index (χ2v) is 6.36. The van der Waals surface area contributed by atoms with Gasteiger partial charge in [-0.3, -0.25) is 0 Å². The van der Waals surface area contributed by atoms with Gasteiger partial charge in [0.05, 0.1) is 31.2 Å². The summed E-state index contributed by atoms with van der Waals surface area (Å²) < 4.78 is 16.3. The topological polar surface area (TPSA) is 103 Å². The van der Waals surface area contributed by atoms with Gasteiger partial charge in [-0.05, 0) is 51.1 Å². The van der Waals surface area contributed by atoms with E-state index in [4.69, 9.17) is 19.3 Å². The molecule has 1 aromatic carbocycles. The van der Waals surface area contributed by atoms with Crippen molar-refractivity contribution >= 4 is 40.8 Å². The Labute approximate surface area is 187 Å². The van der Waals surface area contributed by atoms with E-state index in [2.05, 4.69) is 15.3 Å². The molecule has 0 unspecified atom stereocenters. The minimum Gasteiger partial charge on any atom is -0.492 e. The van der Waals surface area contributed by atoms with Crippen LogP contribution in [-0.4, -0.2) is 47.5 Å². The molecule has 0 amide bonds. The number of carbonyl (C=O) groups is 1. The van der Waals surface area contributed by atoms with Gasteiger partial charge in [0.1, 0.15) is 23.7 Å². The van der Waals surface area contributed by atoms with E-state index in [0.717, 1.165) is 11.4 Å². The second kappa shape index (κ2) is 11.3. The Morgan fingerprint density at radius 2 is 1.87 bits per heavy atom.